The summed E-state index contributed by atoms with van der Waals surface area (Å²) in [5, 5.41) is 0. The van der Waals surface area contributed by atoms with Gasteiger partial charge >= 0.3 is 0 Å². The van der Waals surface area contributed by atoms with Gasteiger partial charge in [0.15, 0.2) is 0 Å². The van der Waals surface area contributed by atoms with Gasteiger partial charge in [0.2, 0.25) is 0 Å². The molecule has 0 spiro atoms. The van der Waals surface area contributed by atoms with E-state index in [1.54, 1.807) is 6.92 Å². The first-order valence-electron chi connectivity index (χ1n) is 9.49. The number of unbranched alkanes of at least 4 members (excludes halogenated alkanes) is 1. The van der Waals surface area contributed by atoms with Gasteiger partial charge in [-0.15, -0.1) is 0 Å². The first kappa shape index (κ1) is 19.6. The summed E-state index contributed by atoms with van der Waals surface area (Å²) in [5.41, 5.74) is 2.94. The first-order valence-corrected chi connectivity index (χ1v) is 10.3. The maximum atomic E-state index is 13.0. The van der Waals surface area contributed by atoms with E-state index in [1.807, 2.05) is 36.4 Å². The van der Waals surface area contributed by atoms with Crippen LogP contribution in [0.25, 0.3) is 0 Å². The van der Waals surface area contributed by atoms with E-state index in [0.29, 0.717) is 0 Å². The van der Waals surface area contributed by atoms with Crippen LogP contribution in [0, 0.1) is 0 Å². The van der Waals surface area contributed by atoms with E-state index in [4.69, 9.17) is 0 Å². The highest BCUT2D eigenvalue weighted by molar-refractivity contribution is 9.10. The fourth-order valence-electron chi connectivity index (χ4n) is 3.90. The van der Waals surface area contributed by atoms with Crippen LogP contribution in [-0.2, 0) is 16.6 Å². The summed E-state index contributed by atoms with van der Waals surface area (Å²) in [6.07, 6.45) is 3.91. The monoisotopic (exact) mass is 420 g/mol. The van der Waals surface area contributed by atoms with Crippen LogP contribution >= 0.6 is 15.9 Å². The minimum atomic E-state index is -0.570. The molecule has 0 heterocycles. The molecule has 0 radical (unpaired) electrons. The second-order valence-electron chi connectivity index (χ2n) is 7.03. The zero-order valence-electron chi connectivity index (χ0n) is 15.7. The van der Waals surface area contributed by atoms with Gasteiger partial charge in [-0.1, -0.05) is 95.1 Å². The summed E-state index contributed by atoms with van der Waals surface area (Å²) < 4.78 is 1.12. The van der Waals surface area contributed by atoms with Gasteiger partial charge in [0.1, 0.15) is 5.78 Å². The van der Waals surface area contributed by atoms with Crippen molar-refractivity contribution in [3.63, 3.8) is 0 Å². The molecule has 1 nitrogen and oxygen atoms in total. The highest BCUT2D eigenvalue weighted by Crippen LogP contribution is 2.38. The summed E-state index contributed by atoms with van der Waals surface area (Å²) in [4.78, 5) is 13.0. The van der Waals surface area contributed by atoms with Crippen molar-refractivity contribution in [1.82, 2.24) is 0 Å². The first-order chi connectivity index (χ1) is 13.1. The summed E-state index contributed by atoms with van der Waals surface area (Å²) in [7, 11) is 0. The van der Waals surface area contributed by atoms with Crippen molar-refractivity contribution in [1.29, 1.82) is 0 Å². The van der Waals surface area contributed by atoms with Gasteiger partial charge < -0.3 is 0 Å². The molecule has 0 aliphatic carbocycles. The van der Waals surface area contributed by atoms with Crippen molar-refractivity contribution < 1.29 is 4.79 Å². The predicted octanol–water partition coefficient (Wildman–Crippen LogP) is 6.74. The number of hydrogen-bond acceptors (Lipinski definition) is 1. The lowest BCUT2D eigenvalue weighted by atomic mass is 9.68. The molecule has 3 aromatic rings. The Hall–Kier alpha value is -2.19. The number of aryl methyl sites for hydroxylation is 1. The molecule has 0 saturated heterocycles. The van der Waals surface area contributed by atoms with Crippen molar-refractivity contribution in [2.75, 3.05) is 0 Å². The third-order valence-corrected chi connectivity index (χ3v) is 5.78. The molecule has 0 unspecified atom stereocenters. The van der Waals surface area contributed by atoms with Gasteiger partial charge in [0.25, 0.3) is 0 Å². The van der Waals surface area contributed by atoms with Crippen molar-refractivity contribution in [2.24, 2.45) is 0 Å². The van der Waals surface area contributed by atoms with Gasteiger partial charge in [-0.3, -0.25) is 4.79 Å². The van der Waals surface area contributed by atoms with Gasteiger partial charge in [0.05, 0.1) is 5.41 Å². The van der Waals surface area contributed by atoms with Crippen LogP contribution in [0.15, 0.2) is 89.4 Å². The van der Waals surface area contributed by atoms with Gasteiger partial charge in [-0.05, 0) is 55.0 Å². The molecule has 138 valence electrons. The lowest BCUT2D eigenvalue weighted by Gasteiger charge is -2.33. The molecule has 0 saturated carbocycles. The van der Waals surface area contributed by atoms with Crippen molar-refractivity contribution >= 4 is 21.7 Å². The molecule has 2 heteroatoms. The largest absolute Gasteiger partial charge is 0.299 e. The van der Waals surface area contributed by atoms with Crippen molar-refractivity contribution in [3.8, 4) is 0 Å². The maximum absolute atomic E-state index is 13.0. The number of halogens is 1. The van der Waals surface area contributed by atoms with Crippen LogP contribution < -0.4 is 0 Å². The highest BCUT2D eigenvalue weighted by atomic mass is 79.9. The minimum Gasteiger partial charge on any atom is -0.299 e. The minimum absolute atomic E-state index is 0.211. The lowest BCUT2D eigenvalue weighted by Crippen LogP contribution is -2.35. The standard InChI is InChI=1S/C25H25BrO/c1-20(27)25(22-13-4-2-5-14-22,23-15-6-3-7-16-23)18-9-8-11-21-12-10-17-24(26)19-21/h2-7,10,12-17,19H,8-9,11,18H2,1H3. The van der Waals surface area contributed by atoms with Gasteiger partial charge in [-0.2, -0.15) is 0 Å². The van der Waals surface area contributed by atoms with E-state index < -0.39 is 5.41 Å². The van der Waals surface area contributed by atoms with Crippen LogP contribution in [0.5, 0.6) is 0 Å². The average Bonchev–Trinajstić information content (AvgIpc) is 2.69. The molecule has 3 rings (SSSR count). The van der Waals surface area contributed by atoms with Crippen LogP contribution in [-0.4, -0.2) is 5.78 Å². The summed E-state index contributed by atoms with van der Waals surface area (Å²) >= 11 is 3.54. The van der Waals surface area contributed by atoms with E-state index in [1.165, 1.54) is 5.56 Å². The molecular formula is C25H25BrO. The Morgan fingerprint density at radius 1 is 0.815 bits per heavy atom. The third-order valence-electron chi connectivity index (χ3n) is 5.29. The molecule has 0 aliphatic rings. The lowest BCUT2D eigenvalue weighted by molar-refractivity contribution is -0.121. The topological polar surface area (TPSA) is 17.1 Å². The Morgan fingerprint density at radius 3 is 1.93 bits per heavy atom. The molecule has 0 atom stereocenters. The van der Waals surface area contributed by atoms with E-state index in [0.717, 1.165) is 41.3 Å². The Bertz CT molecular complexity index is 832. The predicted molar refractivity (Wildman–Crippen MR) is 116 cm³/mol. The van der Waals surface area contributed by atoms with Crippen LogP contribution in [0.3, 0.4) is 0 Å². The SMILES string of the molecule is CC(=O)C(CCCCc1cccc(Br)c1)(c1ccccc1)c1ccccc1. The zero-order chi connectivity index (χ0) is 19.1. The smallest absolute Gasteiger partial charge is 0.144 e. The Balaban J connectivity index is 1.83. The fourth-order valence-corrected chi connectivity index (χ4v) is 4.34. The molecule has 0 aromatic heterocycles. The Morgan fingerprint density at radius 2 is 1.41 bits per heavy atom. The van der Waals surface area contributed by atoms with Crippen molar-refractivity contribution in [3.05, 3.63) is 106 Å². The number of rotatable bonds is 8. The number of hydrogen-bond donors (Lipinski definition) is 0. The van der Waals surface area contributed by atoms with E-state index in [-0.39, 0.29) is 5.78 Å². The molecule has 0 aliphatic heterocycles. The Kier molecular flexibility index (Phi) is 6.63. The summed E-state index contributed by atoms with van der Waals surface area (Å²) in [6, 6.07) is 28.9. The quantitative estimate of drug-likeness (QED) is 0.368. The fraction of sp³-hybridized carbons (Fsp3) is 0.240. The maximum Gasteiger partial charge on any atom is 0.144 e. The summed E-state index contributed by atoms with van der Waals surface area (Å²) in [6.45, 7) is 1.73. The third kappa shape index (κ3) is 4.56. The molecule has 3 aromatic carbocycles. The van der Waals surface area contributed by atoms with Crippen molar-refractivity contribution in [2.45, 2.75) is 38.0 Å². The number of Topliss-reactive ketones (excluding diaryl/α,β-unsaturated/α-hetero) is 1. The normalized spacial score (nSPS) is 11.3. The highest BCUT2D eigenvalue weighted by Gasteiger charge is 2.38. The second-order valence-corrected chi connectivity index (χ2v) is 7.95. The molecule has 0 fully saturated rings. The van der Waals surface area contributed by atoms with Gasteiger partial charge in [-0.25, -0.2) is 0 Å². The number of ketones is 1. The van der Waals surface area contributed by atoms with E-state index in [9.17, 15) is 4.79 Å². The number of benzene rings is 3. The molecular weight excluding hydrogens is 396 g/mol. The number of carbonyl (C=O) groups excluding carboxylic acids is 1. The van der Waals surface area contributed by atoms with Crippen LogP contribution in [0.1, 0.15) is 42.9 Å². The molecule has 27 heavy (non-hydrogen) atoms. The van der Waals surface area contributed by atoms with Crippen LogP contribution in [0.4, 0.5) is 0 Å². The summed E-state index contributed by atoms with van der Waals surface area (Å²) in [5.74, 6) is 0.211. The zero-order valence-corrected chi connectivity index (χ0v) is 17.3. The molecule has 0 amide bonds. The van der Waals surface area contributed by atoms with Crippen LogP contribution in [0.2, 0.25) is 0 Å². The molecule has 0 N–H and O–H groups in total. The average molecular weight is 421 g/mol. The van der Waals surface area contributed by atoms with E-state index in [2.05, 4.69) is 64.5 Å². The van der Waals surface area contributed by atoms with E-state index >= 15 is 0 Å². The Labute approximate surface area is 170 Å². The molecule has 0 bridgehead atoms. The van der Waals surface area contributed by atoms with Gasteiger partial charge in [0, 0.05) is 4.47 Å². The number of carbonyl (C=O) groups is 1. The second kappa shape index (κ2) is 9.14.